The van der Waals surface area contributed by atoms with Gasteiger partial charge in [-0.3, -0.25) is 4.79 Å². The maximum Gasteiger partial charge on any atom is 0.241 e. The first-order valence-electron chi connectivity index (χ1n) is 7.13. The summed E-state index contributed by atoms with van der Waals surface area (Å²) in [5.41, 5.74) is 0.239. The van der Waals surface area contributed by atoms with Crippen LogP contribution in [-0.4, -0.2) is 52.0 Å². The first-order valence-corrected chi connectivity index (χ1v) is 8.68. The molecule has 1 amide bonds. The van der Waals surface area contributed by atoms with Crippen LogP contribution in [0.4, 0.5) is 4.39 Å². The van der Waals surface area contributed by atoms with Crippen LogP contribution in [0.2, 0.25) is 0 Å². The average Bonchev–Trinajstić information content (AvgIpc) is 2.46. The largest absolute Gasteiger partial charge is 0.492 e. The smallest absolute Gasteiger partial charge is 0.241 e. The number of primary sulfonamides is 1. The van der Waals surface area contributed by atoms with Gasteiger partial charge in [0.2, 0.25) is 15.9 Å². The molecule has 0 radical (unpaired) electrons. The van der Waals surface area contributed by atoms with E-state index in [9.17, 15) is 17.6 Å². The standard InChI is InChI=1S/C14H20FN3O4S/c1-9-8-17-3-4-18(9)13(19)7-10-5-11(15)14(22-2)12(6-10)23(16,20)21/h5-6,9,17H,3-4,7-8H2,1-2H3,(H2,16,20,21)/t9-/m0/s1. The molecule has 2 rings (SSSR count). The number of halogens is 1. The molecular weight excluding hydrogens is 325 g/mol. The van der Waals surface area contributed by atoms with Crippen molar-refractivity contribution >= 4 is 15.9 Å². The van der Waals surface area contributed by atoms with Gasteiger partial charge in [0.25, 0.3) is 0 Å². The molecule has 9 heteroatoms. The second-order valence-corrected chi connectivity index (χ2v) is 7.00. The van der Waals surface area contributed by atoms with Crippen molar-refractivity contribution in [1.29, 1.82) is 0 Å². The molecule has 1 saturated heterocycles. The van der Waals surface area contributed by atoms with Gasteiger partial charge in [0, 0.05) is 25.7 Å². The number of benzene rings is 1. The molecular formula is C14H20FN3O4S. The SMILES string of the molecule is COc1c(F)cc(CC(=O)N2CCNC[C@@H]2C)cc1S(N)(=O)=O. The van der Waals surface area contributed by atoms with Gasteiger partial charge in [-0.1, -0.05) is 0 Å². The predicted molar refractivity (Wildman–Crippen MR) is 82.1 cm³/mol. The summed E-state index contributed by atoms with van der Waals surface area (Å²) in [7, 11) is -3.01. The highest BCUT2D eigenvalue weighted by Crippen LogP contribution is 2.28. The molecule has 0 aliphatic carbocycles. The normalized spacial score (nSPS) is 18.8. The van der Waals surface area contributed by atoms with E-state index in [2.05, 4.69) is 5.32 Å². The third kappa shape index (κ3) is 3.98. The molecule has 0 bridgehead atoms. The molecule has 0 aromatic heterocycles. The monoisotopic (exact) mass is 345 g/mol. The lowest BCUT2D eigenvalue weighted by atomic mass is 10.1. The molecule has 7 nitrogen and oxygen atoms in total. The van der Waals surface area contributed by atoms with E-state index in [-0.39, 0.29) is 23.9 Å². The summed E-state index contributed by atoms with van der Waals surface area (Å²) in [6, 6.07) is 2.30. The Balaban J connectivity index is 2.30. The van der Waals surface area contributed by atoms with Crippen LogP contribution in [0.25, 0.3) is 0 Å². The number of methoxy groups -OCH3 is 1. The van der Waals surface area contributed by atoms with Crippen LogP contribution in [0.1, 0.15) is 12.5 Å². The van der Waals surface area contributed by atoms with Crippen LogP contribution < -0.4 is 15.2 Å². The number of nitrogens with zero attached hydrogens (tertiary/aromatic N) is 1. The van der Waals surface area contributed by atoms with Gasteiger partial charge in [-0.05, 0) is 24.6 Å². The number of carbonyl (C=O) groups is 1. The van der Waals surface area contributed by atoms with E-state index in [1.165, 1.54) is 6.07 Å². The van der Waals surface area contributed by atoms with Crippen molar-refractivity contribution in [2.24, 2.45) is 5.14 Å². The number of nitrogens with two attached hydrogens (primary N) is 1. The zero-order valence-electron chi connectivity index (χ0n) is 13.0. The van der Waals surface area contributed by atoms with E-state index >= 15 is 0 Å². The number of hydrogen-bond donors (Lipinski definition) is 2. The van der Waals surface area contributed by atoms with Gasteiger partial charge in [0.1, 0.15) is 4.90 Å². The van der Waals surface area contributed by atoms with Crippen LogP contribution in [0.5, 0.6) is 5.75 Å². The quantitative estimate of drug-likeness (QED) is 0.790. The highest BCUT2D eigenvalue weighted by molar-refractivity contribution is 7.89. The lowest BCUT2D eigenvalue weighted by Gasteiger charge is -2.34. The minimum Gasteiger partial charge on any atom is -0.492 e. The Bertz CT molecular complexity index is 708. The number of ether oxygens (including phenoxy) is 1. The zero-order chi connectivity index (χ0) is 17.2. The average molecular weight is 345 g/mol. The number of nitrogens with one attached hydrogen (secondary N) is 1. The summed E-state index contributed by atoms with van der Waals surface area (Å²) in [5.74, 6) is -1.50. The summed E-state index contributed by atoms with van der Waals surface area (Å²) in [4.78, 5) is 13.6. The van der Waals surface area contributed by atoms with Crippen molar-refractivity contribution in [1.82, 2.24) is 10.2 Å². The lowest BCUT2D eigenvalue weighted by molar-refractivity contribution is -0.133. The fourth-order valence-corrected chi connectivity index (χ4v) is 3.38. The molecule has 1 aliphatic rings. The molecule has 128 valence electrons. The van der Waals surface area contributed by atoms with Crippen LogP contribution >= 0.6 is 0 Å². The molecule has 0 spiro atoms. The second kappa shape index (κ2) is 6.81. The Morgan fingerprint density at radius 2 is 2.22 bits per heavy atom. The minimum atomic E-state index is -4.16. The highest BCUT2D eigenvalue weighted by atomic mass is 32.2. The van der Waals surface area contributed by atoms with E-state index in [1.807, 2.05) is 6.92 Å². The first-order chi connectivity index (χ1) is 10.7. The Labute approximate surface area is 134 Å². The van der Waals surface area contributed by atoms with E-state index in [4.69, 9.17) is 9.88 Å². The first kappa shape index (κ1) is 17.6. The molecule has 1 fully saturated rings. The third-order valence-electron chi connectivity index (χ3n) is 3.76. The van der Waals surface area contributed by atoms with E-state index < -0.39 is 26.5 Å². The summed E-state index contributed by atoms with van der Waals surface area (Å²) in [5, 5.41) is 8.26. The maximum absolute atomic E-state index is 14.0. The molecule has 1 heterocycles. The van der Waals surface area contributed by atoms with Crippen molar-refractivity contribution in [2.45, 2.75) is 24.3 Å². The van der Waals surface area contributed by atoms with Gasteiger partial charge in [-0.2, -0.15) is 0 Å². The predicted octanol–water partition coefficient (Wildman–Crippen LogP) is -0.155. The third-order valence-corrected chi connectivity index (χ3v) is 4.67. The maximum atomic E-state index is 14.0. The number of hydrogen-bond acceptors (Lipinski definition) is 5. The van der Waals surface area contributed by atoms with E-state index in [1.54, 1.807) is 4.90 Å². The molecule has 3 N–H and O–H groups in total. The highest BCUT2D eigenvalue weighted by Gasteiger charge is 2.25. The van der Waals surface area contributed by atoms with Gasteiger partial charge in [-0.15, -0.1) is 0 Å². The summed E-state index contributed by atoms with van der Waals surface area (Å²) in [6.45, 7) is 3.84. The number of piperazine rings is 1. The number of sulfonamides is 1. The van der Waals surface area contributed by atoms with Crippen LogP contribution in [0.3, 0.4) is 0 Å². The van der Waals surface area contributed by atoms with Crippen molar-refractivity contribution < 1.29 is 22.3 Å². The number of amides is 1. The molecule has 1 atom stereocenters. The molecule has 0 saturated carbocycles. The van der Waals surface area contributed by atoms with Crippen LogP contribution in [0, 0.1) is 5.82 Å². The van der Waals surface area contributed by atoms with Crippen molar-refractivity contribution in [3.63, 3.8) is 0 Å². The molecule has 1 aliphatic heterocycles. The minimum absolute atomic E-state index is 0.0251. The van der Waals surface area contributed by atoms with Crippen molar-refractivity contribution in [3.8, 4) is 5.75 Å². The topological polar surface area (TPSA) is 102 Å². The Hall–Kier alpha value is -1.71. The Kier molecular flexibility index (Phi) is 5.23. The fourth-order valence-electron chi connectivity index (χ4n) is 2.62. The van der Waals surface area contributed by atoms with Gasteiger partial charge in [0.15, 0.2) is 11.6 Å². The summed E-state index contributed by atoms with van der Waals surface area (Å²) < 4.78 is 42.0. The molecule has 23 heavy (non-hydrogen) atoms. The summed E-state index contributed by atoms with van der Waals surface area (Å²) in [6.07, 6.45) is -0.103. The lowest BCUT2D eigenvalue weighted by Crippen LogP contribution is -2.52. The van der Waals surface area contributed by atoms with Crippen molar-refractivity contribution in [2.75, 3.05) is 26.7 Å². The second-order valence-electron chi connectivity index (χ2n) is 5.47. The van der Waals surface area contributed by atoms with E-state index in [0.717, 1.165) is 13.2 Å². The van der Waals surface area contributed by atoms with Crippen LogP contribution in [0.15, 0.2) is 17.0 Å². The fraction of sp³-hybridized carbons (Fsp3) is 0.500. The number of rotatable bonds is 4. The van der Waals surface area contributed by atoms with Gasteiger partial charge < -0.3 is 15.0 Å². The molecule has 1 aromatic rings. The zero-order valence-corrected chi connectivity index (χ0v) is 13.8. The Morgan fingerprint density at radius 1 is 1.52 bits per heavy atom. The Morgan fingerprint density at radius 3 is 2.78 bits per heavy atom. The van der Waals surface area contributed by atoms with Gasteiger partial charge >= 0.3 is 0 Å². The van der Waals surface area contributed by atoms with Gasteiger partial charge in [-0.25, -0.2) is 17.9 Å². The van der Waals surface area contributed by atoms with E-state index in [0.29, 0.717) is 19.6 Å². The number of carbonyl (C=O) groups excluding carboxylic acids is 1. The summed E-state index contributed by atoms with van der Waals surface area (Å²) >= 11 is 0. The molecule has 1 aromatic carbocycles. The van der Waals surface area contributed by atoms with Crippen LogP contribution in [-0.2, 0) is 21.2 Å². The van der Waals surface area contributed by atoms with Gasteiger partial charge in [0.05, 0.1) is 13.5 Å². The van der Waals surface area contributed by atoms with Crippen molar-refractivity contribution in [3.05, 3.63) is 23.5 Å². The molecule has 0 unspecified atom stereocenters.